The van der Waals surface area contributed by atoms with E-state index in [-0.39, 0.29) is 0 Å². The maximum absolute atomic E-state index is 5.93. The Morgan fingerprint density at radius 3 is 2.62 bits per heavy atom. The van der Waals surface area contributed by atoms with Gasteiger partial charge in [-0.25, -0.2) is 0 Å². The van der Waals surface area contributed by atoms with E-state index in [0.717, 1.165) is 17.2 Å². The maximum atomic E-state index is 5.93. The van der Waals surface area contributed by atoms with Crippen LogP contribution in [0.1, 0.15) is 51.2 Å². The van der Waals surface area contributed by atoms with E-state index in [2.05, 4.69) is 39.1 Å². The third-order valence-corrected chi connectivity index (χ3v) is 6.32. The molecule has 3 rings (SSSR count). The summed E-state index contributed by atoms with van der Waals surface area (Å²) in [6.07, 6.45) is 4.04. The number of aryl methyl sites for hydroxylation is 1. The first kappa shape index (κ1) is 14.8. The Balaban J connectivity index is 1.99. The van der Waals surface area contributed by atoms with Crippen molar-refractivity contribution in [3.05, 3.63) is 29.3 Å². The fraction of sp³-hybridized carbons (Fsp3) is 0.611. The molecule has 3 N–H and O–H groups in total. The maximum Gasteiger partial charge on any atom is 0.106 e. The molecular formula is C18H26N2S. The van der Waals surface area contributed by atoms with Crippen LogP contribution in [0.15, 0.2) is 18.2 Å². The van der Waals surface area contributed by atoms with E-state index in [1.165, 1.54) is 24.8 Å². The van der Waals surface area contributed by atoms with Crippen LogP contribution in [0.2, 0.25) is 0 Å². The van der Waals surface area contributed by atoms with Crippen LogP contribution in [0.5, 0.6) is 0 Å². The molecule has 21 heavy (non-hydrogen) atoms. The van der Waals surface area contributed by atoms with Gasteiger partial charge in [0, 0.05) is 17.3 Å². The van der Waals surface area contributed by atoms with Crippen molar-refractivity contribution < 1.29 is 0 Å². The molecule has 2 nitrogen and oxygen atoms in total. The molecule has 0 aliphatic heterocycles. The summed E-state index contributed by atoms with van der Waals surface area (Å²) < 4.78 is 0. The molecule has 0 amide bonds. The number of fused-ring (bicyclic) bond motifs is 2. The van der Waals surface area contributed by atoms with Crippen LogP contribution in [0.4, 0.5) is 5.69 Å². The Kier molecular flexibility index (Phi) is 3.32. The molecule has 0 radical (unpaired) electrons. The molecule has 2 bridgehead atoms. The summed E-state index contributed by atoms with van der Waals surface area (Å²) in [4.78, 5) is 0.479. The molecule has 2 saturated carbocycles. The van der Waals surface area contributed by atoms with Gasteiger partial charge < -0.3 is 11.1 Å². The first-order chi connectivity index (χ1) is 9.75. The summed E-state index contributed by atoms with van der Waals surface area (Å²) in [7, 11) is 0. The van der Waals surface area contributed by atoms with Crippen molar-refractivity contribution in [2.75, 3.05) is 5.32 Å². The fourth-order valence-corrected chi connectivity index (χ4v) is 5.04. The first-order valence-corrected chi connectivity index (χ1v) is 8.32. The van der Waals surface area contributed by atoms with Crippen LogP contribution in [0, 0.1) is 23.7 Å². The van der Waals surface area contributed by atoms with Crippen molar-refractivity contribution in [1.82, 2.24) is 0 Å². The van der Waals surface area contributed by atoms with Crippen molar-refractivity contribution >= 4 is 22.9 Å². The molecule has 1 aromatic rings. The molecular weight excluding hydrogens is 276 g/mol. The SMILES string of the molecule is Cc1cccc(C(N)=S)c1NC1C2(C)CCC(C2)C1(C)C. The summed E-state index contributed by atoms with van der Waals surface area (Å²) in [6.45, 7) is 9.40. The van der Waals surface area contributed by atoms with Crippen LogP contribution >= 0.6 is 12.2 Å². The van der Waals surface area contributed by atoms with Gasteiger partial charge in [0.15, 0.2) is 0 Å². The van der Waals surface area contributed by atoms with Gasteiger partial charge in [-0.1, -0.05) is 45.1 Å². The number of nitrogens with two attached hydrogens (primary N) is 1. The molecule has 0 heterocycles. The van der Waals surface area contributed by atoms with Crippen LogP contribution in [0.25, 0.3) is 0 Å². The molecule has 3 atom stereocenters. The van der Waals surface area contributed by atoms with Crippen molar-refractivity contribution in [3.8, 4) is 0 Å². The Labute approximate surface area is 133 Å². The summed E-state index contributed by atoms with van der Waals surface area (Å²) in [5.74, 6) is 0.831. The Hall–Kier alpha value is -1.09. The molecule has 2 aliphatic carbocycles. The van der Waals surface area contributed by atoms with E-state index in [0.29, 0.717) is 21.9 Å². The Morgan fingerprint density at radius 1 is 1.33 bits per heavy atom. The number of hydrogen-bond donors (Lipinski definition) is 2. The minimum atomic E-state index is 0.322. The predicted octanol–water partition coefficient (Wildman–Crippen LogP) is 4.26. The number of rotatable bonds is 3. The lowest BCUT2D eigenvalue weighted by Crippen LogP contribution is -2.46. The zero-order chi connectivity index (χ0) is 15.4. The summed E-state index contributed by atoms with van der Waals surface area (Å²) in [5, 5.41) is 3.85. The summed E-state index contributed by atoms with van der Waals surface area (Å²) in [5.41, 5.74) is 9.98. The zero-order valence-electron chi connectivity index (χ0n) is 13.5. The second-order valence-corrected chi connectivity index (χ2v) is 8.29. The van der Waals surface area contributed by atoms with Crippen molar-refractivity contribution in [1.29, 1.82) is 0 Å². The van der Waals surface area contributed by atoms with Gasteiger partial charge in [0.1, 0.15) is 4.99 Å². The van der Waals surface area contributed by atoms with E-state index in [4.69, 9.17) is 18.0 Å². The highest BCUT2D eigenvalue weighted by Gasteiger charge is 2.59. The van der Waals surface area contributed by atoms with E-state index < -0.39 is 0 Å². The number of anilines is 1. The van der Waals surface area contributed by atoms with Gasteiger partial charge in [0.05, 0.1) is 0 Å². The third kappa shape index (κ3) is 2.17. The second-order valence-electron chi connectivity index (χ2n) is 7.85. The van der Waals surface area contributed by atoms with Crippen LogP contribution in [-0.4, -0.2) is 11.0 Å². The average molecular weight is 302 g/mol. The van der Waals surface area contributed by atoms with Crippen LogP contribution in [0.3, 0.4) is 0 Å². The van der Waals surface area contributed by atoms with E-state index >= 15 is 0 Å². The van der Waals surface area contributed by atoms with Gasteiger partial charge in [0.25, 0.3) is 0 Å². The molecule has 3 heteroatoms. The molecule has 1 aromatic carbocycles. The largest absolute Gasteiger partial charge is 0.389 e. The smallest absolute Gasteiger partial charge is 0.106 e. The minimum absolute atomic E-state index is 0.322. The second kappa shape index (κ2) is 4.70. The average Bonchev–Trinajstić information content (AvgIpc) is 2.87. The predicted molar refractivity (Wildman–Crippen MR) is 93.7 cm³/mol. The van der Waals surface area contributed by atoms with Gasteiger partial charge in [0.2, 0.25) is 0 Å². The normalized spacial score (nSPS) is 33.1. The van der Waals surface area contributed by atoms with Gasteiger partial charge in [-0.05, 0) is 54.6 Å². The number of thiocarbonyl (C=S) groups is 1. The van der Waals surface area contributed by atoms with E-state index in [9.17, 15) is 0 Å². The Morgan fingerprint density at radius 2 is 2.05 bits per heavy atom. The molecule has 2 aliphatic rings. The van der Waals surface area contributed by atoms with E-state index in [1.54, 1.807) is 0 Å². The topological polar surface area (TPSA) is 38.0 Å². The highest BCUT2D eigenvalue weighted by molar-refractivity contribution is 7.80. The van der Waals surface area contributed by atoms with Gasteiger partial charge in [-0.2, -0.15) is 0 Å². The Bertz CT molecular complexity index is 588. The zero-order valence-corrected chi connectivity index (χ0v) is 14.3. The number of hydrogen-bond acceptors (Lipinski definition) is 2. The molecule has 2 fully saturated rings. The van der Waals surface area contributed by atoms with Crippen LogP contribution < -0.4 is 11.1 Å². The lowest BCUT2D eigenvalue weighted by atomic mass is 9.68. The molecule has 3 unspecified atom stereocenters. The summed E-state index contributed by atoms with van der Waals surface area (Å²) >= 11 is 5.24. The van der Waals surface area contributed by atoms with Gasteiger partial charge in [-0.3, -0.25) is 0 Å². The molecule has 114 valence electrons. The quantitative estimate of drug-likeness (QED) is 0.820. The lowest BCUT2D eigenvalue weighted by Gasteiger charge is -2.44. The highest BCUT2D eigenvalue weighted by Crippen LogP contribution is 2.63. The minimum Gasteiger partial charge on any atom is -0.389 e. The molecule has 0 saturated heterocycles. The third-order valence-electron chi connectivity index (χ3n) is 6.10. The van der Waals surface area contributed by atoms with Gasteiger partial charge >= 0.3 is 0 Å². The standard InChI is InChI=1S/C18H26N2S/c1-11-6-5-7-13(15(19)21)14(11)20-16-17(2,3)12-8-9-18(16,4)10-12/h5-7,12,16,20H,8-10H2,1-4H3,(H2,19,21). The number of para-hydroxylation sites is 1. The fourth-order valence-electron chi connectivity index (χ4n) is 4.87. The molecule has 0 aromatic heterocycles. The van der Waals surface area contributed by atoms with Crippen LogP contribution in [-0.2, 0) is 0 Å². The first-order valence-electron chi connectivity index (χ1n) is 7.92. The number of benzene rings is 1. The monoisotopic (exact) mass is 302 g/mol. The van der Waals surface area contributed by atoms with Gasteiger partial charge in [-0.15, -0.1) is 0 Å². The van der Waals surface area contributed by atoms with Crippen molar-refractivity contribution in [2.45, 2.75) is 53.0 Å². The molecule has 0 spiro atoms. The lowest BCUT2D eigenvalue weighted by molar-refractivity contribution is 0.155. The number of nitrogens with one attached hydrogen (secondary N) is 1. The summed E-state index contributed by atoms with van der Waals surface area (Å²) in [6, 6.07) is 6.67. The highest BCUT2D eigenvalue weighted by atomic mass is 32.1. The van der Waals surface area contributed by atoms with Crippen molar-refractivity contribution in [2.24, 2.45) is 22.5 Å². The van der Waals surface area contributed by atoms with Crippen molar-refractivity contribution in [3.63, 3.8) is 0 Å². The van der Waals surface area contributed by atoms with E-state index in [1.807, 2.05) is 12.1 Å².